The van der Waals surface area contributed by atoms with Crippen molar-refractivity contribution in [2.24, 2.45) is 0 Å². The third-order valence-electron chi connectivity index (χ3n) is 5.93. The Morgan fingerprint density at radius 2 is 1.59 bits per heavy atom. The molecule has 1 saturated carbocycles. The molecule has 0 atom stereocenters. The van der Waals surface area contributed by atoms with Crippen LogP contribution in [0.25, 0.3) is 11.1 Å². The Kier molecular flexibility index (Phi) is 7.15. The third-order valence-corrected chi connectivity index (χ3v) is 6.61. The van der Waals surface area contributed by atoms with Crippen LogP contribution in [-0.2, 0) is 6.54 Å². The number of hydrogen-bond acceptors (Lipinski definition) is 2. The number of carbonyl (C=O) groups excluding carboxylic acids is 1. The maximum absolute atomic E-state index is 14.1. The van der Waals surface area contributed by atoms with Crippen LogP contribution in [0.15, 0.2) is 53.2 Å². The van der Waals surface area contributed by atoms with Crippen LogP contribution in [0.5, 0.6) is 0 Å². The summed E-state index contributed by atoms with van der Waals surface area (Å²) in [5.74, 6) is -3.28. The fourth-order valence-corrected chi connectivity index (χ4v) is 4.87. The van der Waals surface area contributed by atoms with Crippen LogP contribution >= 0.6 is 11.3 Å². The van der Waals surface area contributed by atoms with Crippen molar-refractivity contribution in [1.82, 2.24) is 4.90 Å². The fourth-order valence-electron chi connectivity index (χ4n) is 4.20. The molecule has 0 aliphatic heterocycles. The van der Waals surface area contributed by atoms with Gasteiger partial charge in [0.2, 0.25) is 0 Å². The van der Waals surface area contributed by atoms with E-state index in [-0.39, 0.29) is 6.04 Å². The van der Waals surface area contributed by atoms with Gasteiger partial charge >= 0.3 is 6.03 Å². The van der Waals surface area contributed by atoms with Crippen molar-refractivity contribution in [1.29, 1.82) is 0 Å². The molecule has 0 radical (unpaired) electrons. The molecular formula is C25H25F3N2OS. The van der Waals surface area contributed by atoms with E-state index in [0.717, 1.165) is 55.2 Å². The molecule has 168 valence electrons. The van der Waals surface area contributed by atoms with E-state index in [1.54, 1.807) is 16.2 Å². The molecule has 0 bridgehead atoms. The second kappa shape index (κ2) is 10.2. The largest absolute Gasteiger partial charge is 0.322 e. The number of nitrogens with zero attached hydrogens (tertiary/aromatic N) is 1. The van der Waals surface area contributed by atoms with Gasteiger partial charge in [0.15, 0.2) is 11.6 Å². The van der Waals surface area contributed by atoms with E-state index in [1.165, 1.54) is 0 Å². The van der Waals surface area contributed by atoms with E-state index in [1.807, 2.05) is 29.6 Å². The quantitative estimate of drug-likeness (QED) is 0.393. The van der Waals surface area contributed by atoms with Crippen LogP contribution in [0.3, 0.4) is 0 Å². The Balaban J connectivity index is 1.56. The normalized spacial score (nSPS) is 14.7. The summed E-state index contributed by atoms with van der Waals surface area (Å²) >= 11 is 1.63. The van der Waals surface area contributed by atoms with Gasteiger partial charge in [-0.3, -0.25) is 0 Å². The maximum atomic E-state index is 14.1. The van der Waals surface area contributed by atoms with E-state index < -0.39 is 29.2 Å². The van der Waals surface area contributed by atoms with E-state index >= 15 is 0 Å². The first kappa shape index (κ1) is 22.4. The number of amides is 2. The maximum Gasteiger partial charge on any atom is 0.322 e. The summed E-state index contributed by atoms with van der Waals surface area (Å²) in [6.07, 6.45) is 5.92. The summed E-state index contributed by atoms with van der Waals surface area (Å²) in [6.45, 7) is 0.324. The topological polar surface area (TPSA) is 32.3 Å². The first-order valence-corrected chi connectivity index (χ1v) is 11.8. The molecule has 1 N–H and O–H groups in total. The molecular weight excluding hydrogens is 433 g/mol. The van der Waals surface area contributed by atoms with E-state index in [2.05, 4.69) is 16.8 Å². The molecule has 2 amide bonds. The summed E-state index contributed by atoms with van der Waals surface area (Å²) in [4.78, 5) is 14.8. The standard InChI is InChI=1S/C25H25F3N2OS/c26-20-13-22(27)24(23(28)14-20)29-25(31)30(21-5-3-1-2-4-6-21)15-17-7-9-18(10-8-17)19-11-12-32-16-19/h7-14,16,21H,1-6,15H2,(H,29,31). The molecule has 1 aromatic heterocycles. The summed E-state index contributed by atoms with van der Waals surface area (Å²) in [5.41, 5.74) is 2.55. The van der Waals surface area contributed by atoms with Gasteiger partial charge in [-0.1, -0.05) is 49.9 Å². The van der Waals surface area contributed by atoms with Gasteiger partial charge in [-0.25, -0.2) is 18.0 Å². The third kappa shape index (κ3) is 5.33. The second-order valence-electron chi connectivity index (χ2n) is 8.16. The lowest BCUT2D eigenvalue weighted by Crippen LogP contribution is -2.42. The summed E-state index contributed by atoms with van der Waals surface area (Å²) < 4.78 is 41.5. The molecule has 3 nitrogen and oxygen atoms in total. The molecule has 4 rings (SSSR count). The molecule has 1 aliphatic carbocycles. The Labute approximate surface area is 189 Å². The molecule has 1 fully saturated rings. The molecule has 2 aromatic carbocycles. The van der Waals surface area contributed by atoms with Crippen molar-refractivity contribution in [3.8, 4) is 11.1 Å². The molecule has 32 heavy (non-hydrogen) atoms. The minimum atomic E-state index is -1.13. The van der Waals surface area contributed by atoms with E-state index in [9.17, 15) is 18.0 Å². The highest BCUT2D eigenvalue weighted by atomic mass is 32.1. The van der Waals surface area contributed by atoms with Crippen molar-refractivity contribution in [3.05, 3.63) is 76.2 Å². The fraction of sp³-hybridized carbons (Fsp3) is 0.320. The van der Waals surface area contributed by atoms with Gasteiger partial charge in [-0.05, 0) is 46.4 Å². The zero-order valence-corrected chi connectivity index (χ0v) is 18.4. The van der Waals surface area contributed by atoms with Gasteiger partial charge in [-0.15, -0.1) is 0 Å². The van der Waals surface area contributed by atoms with Gasteiger partial charge in [0.1, 0.15) is 11.5 Å². The lowest BCUT2D eigenvalue weighted by molar-refractivity contribution is 0.175. The number of hydrogen-bond donors (Lipinski definition) is 1. The zero-order chi connectivity index (χ0) is 22.5. The van der Waals surface area contributed by atoms with Crippen LogP contribution in [0.1, 0.15) is 44.1 Å². The zero-order valence-electron chi connectivity index (χ0n) is 17.6. The first-order valence-electron chi connectivity index (χ1n) is 10.8. The molecule has 0 spiro atoms. The van der Waals surface area contributed by atoms with Crippen molar-refractivity contribution in [2.75, 3.05) is 5.32 Å². The number of halogens is 3. The summed E-state index contributed by atoms with van der Waals surface area (Å²) in [5, 5.41) is 6.45. The van der Waals surface area contributed by atoms with E-state index in [4.69, 9.17) is 0 Å². The lowest BCUT2D eigenvalue weighted by atomic mass is 10.0. The van der Waals surface area contributed by atoms with Crippen LogP contribution in [0, 0.1) is 17.5 Å². The van der Waals surface area contributed by atoms with Crippen LogP contribution in [0.4, 0.5) is 23.7 Å². The van der Waals surface area contributed by atoms with Crippen molar-refractivity contribution in [3.63, 3.8) is 0 Å². The van der Waals surface area contributed by atoms with Crippen molar-refractivity contribution < 1.29 is 18.0 Å². The van der Waals surface area contributed by atoms with Crippen LogP contribution in [-0.4, -0.2) is 17.0 Å². The smallest absolute Gasteiger partial charge is 0.317 e. The highest BCUT2D eigenvalue weighted by Gasteiger charge is 2.26. The van der Waals surface area contributed by atoms with Crippen molar-refractivity contribution in [2.45, 2.75) is 51.1 Å². The van der Waals surface area contributed by atoms with Gasteiger partial charge in [0, 0.05) is 24.7 Å². The number of nitrogens with one attached hydrogen (secondary N) is 1. The minimum Gasteiger partial charge on any atom is -0.317 e. The number of benzene rings is 2. The van der Waals surface area contributed by atoms with Gasteiger partial charge in [0.25, 0.3) is 0 Å². The second-order valence-corrected chi connectivity index (χ2v) is 8.94. The number of urea groups is 1. The van der Waals surface area contributed by atoms with Gasteiger partial charge in [0.05, 0.1) is 0 Å². The molecule has 3 aromatic rings. The predicted molar refractivity (Wildman–Crippen MR) is 122 cm³/mol. The average Bonchev–Trinajstić information content (AvgIpc) is 3.18. The van der Waals surface area contributed by atoms with Crippen molar-refractivity contribution >= 4 is 23.1 Å². The molecule has 7 heteroatoms. The predicted octanol–water partition coefficient (Wildman–Crippen LogP) is 7.59. The van der Waals surface area contributed by atoms with E-state index in [0.29, 0.717) is 18.7 Å². The number of carbonyl (C=O) groups is 1. The summed E-state index contributed by atoms with van der Waals surface area (Å²) in [6, 6.07) is 10.6. The molecule has 0 unspecified atom stereocenters. The molecule has 0 saturated heterocycles. The average molecular weight is 459 g/mol. The Bertz CT molecular complexity index is 1020. The monoisotopic (exact) mass is 458 g/mol. The number of anilines is 1. The SMILES string of the molecule is O=C(Nc1c(F)cc(F)cc1F)N(Cc1ccc(-c2ccsc2)cc1)C1CCCCCC1. The number of rotatable bonds is 5. The number of thiophene rings is 1. The summed E-state index contributed by atoms with van der Waals surface area (Å²) in [7, 11) is 0. The lowest BCUT2D eigenvalue weighted by Gasteiger charge is -2.31. The highest BCUT2D eigenvalue weighted by Crippen LogP contribution is 2.27. The van der Waals surface area contributed by atoms with Crippen LogP contribution in [0.2, 0.25) is 0 Å². The van der Waals surface area contributed by atoms with Crippen LogP contribution < -0.4 is 5.32 Å². The Morgan fingerprint density at radius 1 is 0.938 bits per heavy atom. The highest BCUT2D eigenvalue weighted by molar-refractivity contribution is 7.08. The van der Waals surface area contributed by atoms with Gasteiger partial charge in [-0.2, -0.15) is 11.3 Å². The Hall–Kier alpha value is -2.80. The molecule has 1 heterocycles. The minimum absolute atomic E-state index is 0.0272. The Morgan fingerprint density at radius 3 is 2.19 bits per heavy atom. The molecule has 1 aliphatic rings. The first-order chi connectivity index (χ1) is 15.5. The van der Waals surface area contributed by atoms with Gasteiger partial charge < -0.3 is 10.2 Å².